The second kappa shape index (κ2) is 6.42. The third-order valence-electron chi connectivity index (χ3n) is 3.16. The molecule has 0 fully saturated rings. The first-order valence-electron chi connectivity index (χ1n) is 5.63. The van der Waals surface area contributed by atoms with E-state index in [0.29, 0.717) is 0 Å². The molecule has 1 N–H and O–H groups in total. The van der Waals surface area contributed by atoms with Crippen molar-refractivity contribution in [2.24, 2.45) is 23.7 Å². The van der Waals surface area contributed by atoms with Crippen molar-refractivity contribution < 1.29 is 0 Å². The Balaban J connectivity index is 3.85. The lowest BCUT2D eigenvalue weighted by atomic mass is 9.81. The van der Waals surface area contributed by atoms with Gasteiger partial charge in [0.25, 0.3) is 0 Å². The lowest BCUT2D eigenvalue weighted by molar-refractivity contribution is 0.242. The molecule has 3 atom stereocenters. The molecule has 0 aliphatic rings. The Kier molecular flexibility index (Phi) is 6.40. The maximum Gasteiger partial charge on any atom is -0.00235 e. The molecule has 0 bridgehead atoms. The van der Waals surface area contributed by atoms with Crippen molar-refractivity contribution in [2.45, 2.75) is 41.0 Å². The van der Waals surface area contributed by atoms with Gasteiger partial charge < -0.3 is 5.32 Å². The van der Waals surface area contributed by atoms with E-state index in [-0.39, 0.29) is 0 Å². The van der Waals surface area contributed by atoms with Crippen LogP contribution in [0.5, 0.6) is 0 Å². The summed E-state index contributed by atoms with van der Waals surface area (Å²) in [5.41, 5.74) is 0. The first-order valence-corrected chi connectivity index (χ1v) is 5.63. The monoisotopic (exact) mass is 185 g/mol. The lowest BCUT2D eigenvalue weighted by Crippen LogP contribution is -2.26. The van der Waals surface area contributed by atoms with Gasteiger partial charge in [-0.3, -0.25) is 0 Å². The zero-order chi connectivity index (χ0) is 10.4. The molecule has 0 aromatic rings. The summed E-state index contributed by atoms with van der Waals surface area (Å²) in [4.78, 5) is 0. The molecule has 1 heteroatoms. The minimum absolute atomic E-state index is 0.791. The van der Waals surface area contributed by atoms with Gasteiger partial charge in [-0.25, -0.2) is 0 Å². The molecule has 0 heterocycles. The molecule has 0 radical (unpaired) electrons. The first kappa shape index (κ1) is 13.0. The average molecular weight is 185 g/mol. The van der Waals surface area contributed by atoms with E-state index in [2.05, 4.69) is 39.9 Å². The molecule has 0 saturated heterocycles. The maximum absolute atomic E-state index is 3.26. The lowest BCUT2D eigenvalue weighted by Gasteiger charge is -2.27. The summed E-state index contributed by atoms with van der Waals surface area (Å²) >= 11 is 0. The van der Waals surface area contributed by atoms with Crippen LogP contribution in [0, 0.1) is 23.7 Å². The fraction of sp³-hybridized carbons (Fsp3) is 1.00. The first-order chi connectivity index (χ1) is 5.99. The number of nitrogens with one attached hydrogen (secondary N) is 1. The summed E-state index contributed by atoms with van der Waals surface area (Å²) in [5.74, 6) is 3.30. The summed E-state index contributed by atoms with van der Waals surface area (Å²) in [6.45, 7) is 12.9. The highest BCUT2D eigenvalue weighted by Gasteiger charge is 2.18. The summed E-state index contributed by atoms with van der Waals surface area (Å²) in [7, 11) is 2.04. The molecule has 0 rings (SSSR count). The Bertz CT molecular complexity index is 120. The third-order valence-corrected chi connectivity index (χ3v) is 3.16. The van der Waals surface area contributed by atoms with Crippen LogP contribution < -0.4 is 5.32 Å². The molecular weight excluding hydrogens is 158 g/mol. The number of hydrogen-bond acceptors (Lipinski definition) is 1. The van der Waals surface area contributed by atoms with Gasteiger partial charge in [-0.05, 0) is 43.7 Å². The maximum atomic E-state index is 3.26. The largest absolute Gasteiger partial charge is 0.319 e. The van der Waals surface area contributed by atoms with Gasteiger partial charge in [0.1, 0.15) is 0 Å². The van der Waals surface area contributed by atoms with E-state index in [1.165, 1.54) is 6.42 Å². The molecule has 3 unspecified atom stereocenters. The van der Waals surface area contributed by atoms with Gasteiger partial charge in [0.05, 0.1) is 0 Å². The minimum atomic E-state index is 0.791. The Hall–Kier alpha value is -0.0400. The van der Waals surface area contributed by atoms with Crippen LogP contribution in [0.15, 0.2) is 0 Å². The van der Waals surface area contributed by atoms with Gasteiger partial charge >= 0.3 is 0 Å². The highest BCUT2D eigenvalue weighted by atomic mass is 14.8. The van der Waals surface area contributed by atoms with Crippen molar-refractivity contribution >= 4 is 0 Å². The normalized spacial score (nSPS) is 18.7. The molecule has 0 saturated carbocycles. The van der Waals surface area contributed by atoms with E-state index >= 15 is 0 Å². The fourth-order valence-corrected chi connectivity index (χ4v) is 2.03. The average Bonchev–Trinajstić information content (AvgIpc) is 2.02. The Morgan fingerprint density at radius 2 is 1.46 bits per heavy atom. The van der Waals surface area contributed by atoms with E-state index in [9.17, 15) is 0 Å². The van der Waals surface area contributed by atoms with Crippen LogP contribution >= 0.6 is 0 Å². The quantitative estimate of drug-likeness (QED) is 0.670. The Labute approximate surface area is 84.3 Å². The van der Waals surface area contributed by atoms with E-state index in [1.54, 1.807) is 0 Å². The summed E-state index contributed by atoms with van der Waals surface area (Å²) < 4.78 is 0. The molecule has 13 heavy (non-hydrogen) atoms. The third kappa shape index (κ3) is 5.30. The van der Waals surface area contributed by atoms with E-state index < -0.39 is 0 Å². The van der Waals surface area contributed by atoms with Crippen molar-refractivity contribution in [3.63, 3.8) is 0 Å². The summed E-state index contributed by atoms with van der Waals surface area (Å²) in [6, 6.07) is 0. The van der Waals surface area contributed by atoms with Gasteiger partial charge in [0.15, 0.2) is 0 Å². The van der Waals surface area contributed by atoms with Crippen molar-refractivity contribution in [1.82, 2.24) is 5.32 Å². The molecule has 80 valence electrons. The molecule has 0 aromatic carbocycles. The van der Waals surface area contributed by atoms with Crippen LogP contribution in [0.2, 0.25) is 0 Å². The fourth-order valence-electron chi connectivity index (χ4n) is 2.03. The predicted octanol–water partition coefficient (Wildman–Crippen LogP) is 3.16. The van der Waals surface area contributed by atoms with Crippen LogP contribution in [0.3, 0.4) is 0 Å². The number of hydrogen-bond donors (Lipinski definition) is 1. The van der Waals surface area contributed by atoms with Gasteiger partial charge in [0, 0.05) is 0 Å². The predicted molar refractivity (Wildman–Crippen MR) is 60.9 cm³/mol. The Morgan fingerprint density at radius 1 is 0.923 bits per heavy atom. The van der Waals surface area contributed by atoms with Crippen LogP contribution in [0.1, 0.15) is 41.0 Å². The smallest absolute Gasteiger partial charge is 0.00235 e. The zero-order valence-electron chi connectivity index (χ0n) is 10.2. The van der Waals surface area contributed by atoms with Crippen LogP contribution in [-0.4, -0.2) is 13.6 Å². The highest BCUT2D eigenvalue weighted by Crippen LogP contribution is 2.25. The standard InChI is InChI=1S/C12H27N/c1-9(2)7-10(3)12(5)11(4)8-13-6/h9-13H,7-8H2,1-6H3. The van der Waals surface area contributed by atoms with Crippen LogP contribution in [0.25, 0.3) is 0 Å². The van der Waals surface area contributed by atoms with Crippen molar-refractivity contribution in [3.8, 4) is 0 Å². The topological polar surface area (TPSA) is 12.0 Å². The van der Waals surface area contributed by atoms with Gasteiger partial charge in [0.2, 0.25) is 0 Å². The van der Waals surface area contributed by atoms with Gasteiger partial charge in [-0.1, -0.05) is 34.6 Å². The molecule has 0 aliphatic carbocycles. The Morgan fingerprint density at radius 3 is 1.85 bits per heavy atom. The van der Waals surface area contributed by atoms with Crippen molar-refractivity contribution in [2.75, 3.05) is 13.6 Å². The van der Waals surface area contributed by atoms with E-state index in [4.69, 9.17) is 0 Å². The van der Waals surface area contributed by atoms with Crippen LogP contribution in [0.4, 0.5) is 0 Å². The molecule has 1 nitrogen and oxygen atoms in total. The molecule has 0 amide bonds. The molecule has 0 spiro atoms. The highest BCUT2D eigenvalue weighted by molar-refractivity contribution is 4.70. The van der Waals surface area contributed by atoms with E-state index in [0.717, 1.165) is 30.2 Å². The van der Waals surface area contributed by atoms with Crippen molar-refractivity contribution in [1.29, 1.82) is 0 Å². The SMILES string of the molecule is CNCC(C)C(C)C(C)CC(C)C. The second-order valence-corrected chi connectivity index (χ2v) is 5.00. The number of rotatable bonds is 6. The second-order valence-electron chi connectivity index (χ2n) is 5.00. The van der Waals surface area contributed by atoms with Crippen LogP contribution in [-0.2, 0) is 0 Å². The van der Waals surface area contributed by atoms with E-state index in [1.807, 2.05) is 7.05 Å². The molecule has 0 aliphatic heterocycles. The van der Waals surface area contributed by atoms with Gasteiger partial charge in [-0.15, -0.1) is 0 Å². The van der Waals surface area contributed by atoms with Gasteiger partial charge in [-0.2, -0.15) is 0 Å². The minimum Gasteiger partial charge on any atom is -0.319 e. The van der Waals surface area contributed by atoms with Crippen molar-refractivity contribution in [3.05, 3.63) is 0 Å². The summed E-state index contributed by atoms with van der Waals surface area (Å²) in [6.07, 6.45) is 1.36. The molecule has 0 aromatic heterocycles. The zero-order valence-corrected chi connectivity index (χ0v) is 10.2. The summed E-state index contributed by atoms with van der Waals surface area (Å²) in [5, 5.41) is 3.26. The molecular formula is C12H27N.